The van der Waals surface area contributed by atoms with Gasteiger partial charge in [-0.05, 0) is 35.9 Å². The minimum Gasteiger partial charge on any atom is -0.386 e. The number of halogens is 1. The predicted octanol–water partition coefficient (Wildman–Crippen LogP) is 4.24. The van der Waals surface area contributed by atoms with Crippen molar-refractivity contribution in [2.24, 2.45) is 0 Å². The Kier molecular flexibility index (Phi) is 7.49. The number of morpholine rings is 1. The number of aliphatic hydroxyl groups is 1. The van der Waals surface area contributed by atoms with Crippen LogP contribution >= 0.6 is 15.9 Å². The maximum atomic E-state index is 13.6. The summed E-state index contributed by atoms with van der Waals surface area (Å²) in [7, 11) is 0. The second kappa shape index (κ2) is 11.5. The molecule has 1 fully saturated rings. The van der Waals surface area contributed by atoms with Crippen molar-refractivity contribution in [3.8, 4) is 17.1 Å². The van der Waals surface area contributed by atoms with E-state index < -0.39 is 12.2 Å². The highest BCUT2D eigenvalue weighted by Gasteiger charge is 2.30. The molecule has 10 nitrogen and oxygen atoms in total. The van der Waals surface area contributed by atoms with E-state index in [1.165, 1.54) is 0 Å². The molecule has 40 heavy (non-hydrogen) atoms. The molecule has 1 unspecified atom stereocenters. The lowest BCUT2D eigenvalue weighted by atomic mass is 10.1. The number of hydrogen-bond acceptors (Lipinski definition) is 7. The van der Waals surface area contributed by atoms with E-state index in [-0.39, 0.29) is 12.5 Å². The normalized spacial score (nSPS) is 16.1. The molecule has 1 saturated heterocycles. The highest BCUT2D eigenvalue weighted by Crippen LogP contribution is 2.26. The molecule has 2 atom stereocenters. The molecule has 6 rings (SSSR count). The summed E-state index contributed by atoms with van der Waals surface area (Å²) >= 11 is 3.43. The number of amides is 1. The number of carbonyl (C=O) groups is 1. The second-order valence-electron chi connectivity index (χ2n) is 9.43. The molecule has 0 spiro atoms. The number of nitrogens with zero attached hydrogens (tertiary/aromatic N) is 7. The Balaban J connectivity index is 1.19. The fraction of sp³-hybridized carbons (Fsp3) is 0.207. The number of aliphatic hydroxyl groups excluding tert-OH is 1. The first kappa shape index (κ1) is 26.1. The van der Waals surface area contributed by atoms with Gasteiger partial charge in [-0.25, -0.2) is 14.3 Å². The van der Waals surface area contributed by atoms with Crippen LogP contribution in [0.3, 0.4) is 0 Å². The fourth-order valence-electron chi connectivity index (χ4n) is 4.68. The van der Waals surface area contributed by atoms with E-state index in [0.717, 1.165) is 21.3 Å². The van der Waals surface area contributed by atoms with Crippen molar-refractivity contribution < 1.29 is 14.6 Å². The van der Waals surface area contributed by atoms with Gasteiger partial charge in [-0.15, -0.1) is 5.10 Å². The quantitative estimate of drug-likeness (QED) is 0.298. The molecule has 11 heteroatoms. The van der Waals surface area contributed by atoms with Gasteiger partial charge in [0.25, 0.3) is 5.91 Å². The van der Waals surface area contributed by atoms with Gasteiger partial charge in [0.2, 0.25) is 0 Å². The highest BCUT2D eigenvalue weighted by molar-refractivity contribution is 9.10. The van der Waals surface area contributed by atoms with Crippen molar-refractivity contribution >= 4 is 21.8 Å². The summed E-state index contributed by atoms with van der Waals surface area (Å²) in [5, 5.41) is 23.7. The Morgan fingerprint density at radius 3 is 2.73 bits per heavy atom. The molecule has 0 aliphatic carbocycles. The van der Waals surface area contributed by atoms with Crippen molar-refractivity contribution in [2.45, 2.75) is 18.8 Å². The molecule has 202 valence electrons. The van der Waals surface area contributed by atoms with E-state index in [0.29, 0.717) is 36.9 Å². The van der Waals surface area contributed by atoms with Crippen LogP contribution in [0.1, 0.15) is 34.0 Å². The van der Waals surface area contributed by atoms with Crippen LogP contribution < -0.4 is 0 Å². The molecular weight excluding hydrogens is 574 g/mol. The van der Waals surface area contributed by atoms with Crippen LogP contribution in [0, 0.1) is 0 Å². The Hall–Kier alpha value is -4.19. The Bertz CT molecular complexity index is 1550. The smallest absolute Gasteiger partial charge is 0.274 e. The lowest BCUT2D eigenvalue weighted by Gasteiger charge is -2.31. The molecule has 1 N–H and O–H groups in total. The number of carbonyl (C=O) groups excluding carboxylic acids is 1. The Labute approximate surface area is 239 Å². The van der Waals surface area contributed by atoms with Crippen LogP contribution in [0.5, 0.6) is 0 Å². The number of ether oxygens (including phenoxy) is 1. The third kappa shape index (κ3) is 5.57. The first-order valence-corrected chi connectivity index (χ1v) is 13.7. The van der Waals surface area contributed by atoms with Crippen LogP contribution in [0.25, 0.3) is 17.1 Å². The first-order chi connectivity index (χ1) is 19.5. The molecule has 1 aliphatic heterocycles. The number of rotatable bonds is 7. The van der Waals surface area contributed by atoms with E-state index in [9.17, 15) is 9.90 Å². The number of hydrogen-bond donors (Lipinski definition) is 1. The lowest BCUT2D eigenvalue weighted by molar-refractivity contribution is -0.0250. The fourth-order valence-corrected chi connectivity index (χ4v) is 5.09. The summed E-state index contributed by atoms with van der Waals surface area (Å²) in [5.74, 6) is 0.430. The first-order valence-electron chi connectivity index (χ1n) is 12.9. The minimum absolute atomic E-state index is 0.197. The monoisotopic (exact) mass is 599 g/mol. The standard InChI is InChI=1S/C29H26BrN7O3/c30-22-10-6-9-21(15-22)26(38)18-36-17-24(32-34-36)27-19-35(13-14-40-27)29(39)23-16-25(20-7-2-1-3-8-20)37(33-23)28-11-4-5-12-31-28/h1-12,15-17,26-27,38H,13-14,18-19H2/t26-,27?/m0/s1. The van der Waals surface area contributed by atoms with Gasteiger partial charge < -0.3 is 14.7 Å². The molecular formula is C29H26BrN7O3. The Morgan fingerprint density at radius 1 is 1.07 bits per heavy atom. The topological polar surface area (TPSA) is 111 Å². The maximum absolute atomic E-state index is 13.6. The van der Waals surface area contributed by atoms with Crippen molar-refractivity contribution in [1.29, 1.82) is 0 Å². The molecule has 4 heterocycles. The zero-order chi connectivity index (χ0) is 27.5. The molecule has 5 aromatic rings. The zero-order valence-electron chi connectivity index (χ0n) is 21.4. The average Bonchev–Trinajstić information content (AvgIpc) is 3.66. The number of aromatic nitrogens is 6. The largest absolute Gasteiger partial charge is 0.386 e. The highest BCUT2D eigenvalue weighted by atomic mass is 79.9. The number of benzene rings is 2. The van der Waals surface area contributed by atoms with E-state index in [4.69, 9.17) is 4.74 Å². The molecule has 0 radical (unpaired) electrons. The lowest BCUT2D eigenvalue weighted by Crippen LogP contribution is -2.42. The van der Waals surface area contributed by atoms with Gasteiger partial charge in [0, 0.05) is 22.8 Å². The summed E-state index contributed by atoms with van der Waals surface area (Å²) in [6.07, 6.45) is 2.26. The molecule has 0 saturated carbocycles. The van der Waals surface area contributed by atoms with E-state index in [1.807, 2.05) is 72.8 Å². The van der Waals surface area contributed by atoms with Crippen LogP contribution in [0.15, 0.2) is 95.7 Å². The molecule has 0 bridgehead atoms. The van der Waals surface area contributed by atoms with E-state index in [1.54, 1.807) is 32.7 Å². The van der Waals surface area contributed by atoms with Gasteiger partial charge in [0.1, 0.15) is 11.8 Å². The number of pyridine rings is 1. The molecule has 2 aromatic carbocycles. The zero-order valence-corrected chi connectivity index (χ0v) is 23.0. The van der Waals surface area contributed by atoms with Crippen LogP contribution in [-0.4, -0.2) is 65.4 Å². The van der Waals surface area contributed by atoms with Crippen molar-refractivity contribution in [2.75, 3.05) is 19.7 Å². The maximum Gasteiger partial charge on any atom is 0.274 e. The van der Waals surface area contributed by atoms with Crippen LogP contribution in [-0.2, 0) is 11.3 Å². The van der Waals surface area contributed by atoms with E-state index in [2.05, 4.69) is 36.3 Å². The van der Waals surface area contributed by atoms with Gasteiger partial charge in [0.05, 0.1) is 37.7 Å². The molecule has 1 amide bonds. The van der Waals surface area contributed by atoms with Gasteiger partial charge in [0.15, 0.2) is 11.5 Å². The summed E-state index contributed by atoms with van der Waals surface area (Å²) < 4.78 is 10.1. The predicted molar refractivity (Wildman–Crippen MR) is 151 cm³/mol. The minimum atomic E-state index is -0.745. The van der Waals surface area contributed by atoms with Crippen molar-refractivity contribution in [3.05, 3.63) is 113 Å². The van der Waals surface area contributed by atoms with E-state index >= 15 is 0 Å². The van der Waals surface area contributed by atoms with Gasteiger partial charge >= 0.3 is 0 Å². The molecule has 1 aliphatic rings. The van der Waals surface area contributed by atoms with Crippen LogP contribution in [0.4, 0.5) is 0 Å². The molecule has 3 aromatic heterocycles. The van der Waals surface area contributed by atoms with Crippen molar-refractivity contribution in [3.63, 3.8) is 0 Å². The summed E-state index contributed by atoms with van der Waals surface area (Å²) in [4.78, 5) is 19.8. The Morgan fingerprint density at radius 2 is 1.93 bits per heavy atom. The second-order valence-corrected chi connectivity index (χ2v) is 10.3. The van der Waals surface area contributed by atoms with Gasteiger partial charge in [-0.1, -0.05) is 69.7 Å². The van der Waals surface area contributed by atoms with Crippen LogP contribution in [0.2, 0.25) is 0 Å². The average molecular weight is 600 g/mol. The summed E-state index contributed by atoms with van der Waals surface area (Å²) in [6.45, 7) is 1.34. The van der Waals surface area contributed by atoms with Crippen molar-refractivity contribution in [1.82, 2.24) is 34.7 Å². The van der Waals surface area contributed by atoms with Gasteiger partial charge in [-0.2, -0.15) is 5.10 Å². The summed E-state index contributed by atoms with van der Waals surface area (Å²) in [6, 6.07) is 24.7. The summed E-state index contributed by atoms with van der Waals surface area (Å²) in [5.41, 5.74) is 3.41. The van der Waals surface area contributed by atoms with Gasteiger partial charge in [-0.3, -0.25) is 4.79 Å². The SMILES string of the molecule is O=C(c1cc(-c2ccccc2)n(-c2ccccn2)n1)N1CCOC(c2cn(C[C@H](O)c3cccc(Br)c3)nn2)C1. The third-order valence-electron chi connectivity index (χ3n) is 6.70. The third-order valence-corrected chi connectivity index (χ3v) is 7.19.